The molecule has 0 saturated carbocycles. The van der Waals surface area contributed by atoms with Crippen molar-refractivity contribution in [1.82, 2.24) is 4.90 Å². The van der Waals surface area contributed by atoms with Gasteiger partial charge in [-0.1, -0.05) is 6.08 Å². The van der Waals surface area contributed by atoms with Gasteiger partial charge in [-0.2, -0.15) is 0 Å². The van der Waals surface area contributed by atoms with Crippen molar-refractivity contribution in [1.29, 1.82) is 0 Å². The first-order valence-corrected chi connectivity index (χ1v) is 4.84. The number of ether oxygens (including phenoxy) is 1. The Balaban J connectivity index is 2.38. The summed E-state index contributed by atoms with van der Waals surface area (Å²) in [4.78, 5) is 12.5. The maximum absolute atomic E-state index is 10.3. The van der Waals surface area contributed by atoms with Gasteiger partial charge in [0.2, 0.25) is 0 Å². The van der Waals surface area contributed by atoms with E-state index in [9.17, 15) is 4.79 Å². The quantitative estimate of drug-likeness (QED) is 0.681. The Bertz CT molecular complexity index is 227. The molecule has 4 nitrogen and oxygen atoms in total. The number of carboxylic acids is 1. The molecule has 0 spiro atoms. The molecule has 1 saturated heterocycles. The molecule has 80 valence electrons. The van der Waals surface area contributed by atoms with Gasteiger partial charge in [-0.25, -0.2) is 4.79 Å². The Kier molecular flexibility index (Phi) is 4.10. The first-order valence-electron chi connectivity index (χ1n) is 4.84. The minimum absolute atomic E-state index is 0.240. The Morgan fingerprint density at radius 3 is 3.00 bits per heavy atom. The van der Waals surface area contributed by atoms with E-state index >= 15 is 0 Å². The number of rotatable bonds is 3. The average Bonchev–Trinajstić information content (AvgIpc) is 2.10. The monoisotopic (exact) mass is 199 g/mol. The van der Waals surface area contributed by atoms with Crippen LogP contribution in [0, 0.1) is 0 Å². The van der Waals surface area contributed by atoms with Crippen LogP contribution in [0.2, 0.25) is 0 Å². The summed E-state index contributed by atoms with van der Waals surface area (Å²) in [5.41, 5.74) is 0. The second kappa shape index (κ2) is 5.12. The highest BCUT2D eigenvalue weighted by Gasteiger charge is 2.21. The van der Waals surface area contributed by atoms with Crippen molar-refractivity contribution in [3.05, 3.63) is 12.2 Å². The summed E-state index contributed by atoms with van der Waals surface area (Å²) in [5, 5.41) is 8.43. The molecule has 1 N–H and O–H groups in total. The highest BCUT2D eigenvalue weighted by molar-refractivity contribution is 5.79. The van der Waals surface area contributed by atoms with Crippen molar-refractivity contribution in [2.75, 3.05) is 19.7 Å². The van der Waals surface area contributed by atoms with E-state index < -0.39 is 5.97 Å². The van der Waals surface area contributed by atoms with Crippen LogP contribution < -0.4 is 0 Å². The van der Waals surface area contributed by atoms with E-state index in [-0.39, 0.29) is 6.10 Å². The van der Waals surface area contributed by atoms with Crippen molar-refractivity contribution in [3.8, 4) is 0 Å². The van der Waals surface area contributed by atoms with Gasteiger partial charge >= 0.3 is 5.97 Å². The summed E-state index contributed by atoms with van der Waals surface area (Å²) in [7, 11) is 0. The standard InChI is InChI=1S/C10H17NO3/c1-8-7-14-9(2)6-11(8)5-3-4-10(12)13/h3-4,8-9H,5-7H2,1-2H3,(H,12,13)/b4-3+. The van der Waals surface area contributed by atoms with Crippen molar-refractivity contribution in [2.45, 2.75) is 26.0 Å². The molecular formula is C10H17NO3. The maximum atomic E-state index is 10.3. The van der Waals surface area contributed by atoms with Gasteiger partial charge in [0, 0.05) is 25.2 Å². The molecule has 1 heterocycles. The van der Waals surface area contributed by atoms with Crippen LogP contribution in [0.4, 0.5) is 0 Å². The van der Waals surface area contributed by atoms with Gasteiger partial charge in [0.05, 0.1) is 12.7 Å². The third-order valence-corrected chi connectivity index (χ3v) is 2.34. The predicted octanol–water partition coefficient (Wildman–Crippen LogP) is 0.736. The lowest BCUT2D eigenvalue weighted by Crippen LogP contribution is -2.47. The lowest BCUT2D eigenvalue weighted by Gasteiger charge is -2.35. The highest BCUT2D eigenvalue weighted by atomic mass is 16.5. The van der Waals surface area contributed by atoms with E-state index in [0.717, 1.165) is 13.2 Å². The fourth-order valence-corrected chi connectivity index (χ4v) is 1.52. The van der Waals surface area contributed by atoms with Crippen LogP contribution in [-0.4, -0.2) is 47.8 Å². The van der Waals surface area contributed by atoms with Crippen LogP contribution in [-0.2, 0) is 9.53 Å². The second-order valence-corrected chi connectivity index (χ2v) is 3.69. The SMILES string of the molecule is CC1CN(C/C=C/C(=O)O)C(C)CO1. The number of hydrogen-bond acceptors (Lipinski definition) is 3. The number of nitrogens with zero attached hydrogens (tertiary/aromatic N) is 1. The number of hydrogen-bond donors (Lipinski definition) is 1. The van der Waals surface area contributed by atoms with E-state index in [4.69, 9.17) is 9.84 Å². The molecule has 1 fully saturated rings. The molecular weight excluding hydrogens is 182 g/mol. The molecule has 1 rings (SSSR count). The molecule has 0 aromatic heterocycles. The highest BCUT2D eigenvalue weighted by Crippen LogP contribution is 2.10. The number of morpholine rings is 1. The van der Waals surface area contributed by atoms with Gasteiger partial charge in [0.25, 0.3) is 0 Å². The van der Waals surface area contributed by atoms with Crippen LogP contribution in [0.1, 0.15) is 13.8 Å². The third-order valence-electron chi connectivity index (χ3n) is 2.34. The van der Waals surface area contributed by atoms with E-state index in [0.29, 0.717) is 12.6 Å². The molecule has 0 amide bonds. The molecule has 1 aliphatic heterocycles. The van der Waals surface area contributed by atoms with Crippen molar-refractivity contribution in [2.24, 2.45) is 0 Å². The fraction of sp³-hybridized carbons (Fsp3) is 0.700. The Labute approximate surface area is 84.2 Å². The Hall–Kier alpha value is -0.870. The van der Waals surface area contributed by atoms with Gasteiger partial charge in [0.1, 0.15) is 0 Å². The third kappa shape index (κ3) is 3.47. The summed E-state index contributed by atoms with van der Waals surface area (Å²) in [6.45, 7) is 6.38. The lowest BCUT2D eigenvalue weighted by atomic mass is 10.2. The number of carboxylic acid groups (broad SMARTS) is 1. The summed E-state index contributed by atoms with van der Waals surface area (Å²) in [6, 6.07) is 0.365. The van der Waals surface area contributed by atoms with Crippen LogP contribution in [0.25, 0.3) is 0 Å². The molecule has 2 unspecified atom stereocenters. The van der Waals surface area contributed by atoms with Gasteiger partial charge in [-0.3, -0.25) is 4.90 Å². The van der Waals surface area contributed by atoms with E-state index in [1.54, 1.807) is 6.08 Å². The van der Waals surface area contributed by atoms with Gasteiger partial charge in [0.15, 0.2) is 0 Å². The average molecular weight is 199 g/mol. The van der Waals surface area contributed by atoms with Crippen LogP contribution in [0.3, 0.4) is 0 Å². The van der Waals surface area contributed by atoms with Crippen LogP contribution in [0.5, 0.6) is 0 Å². The molecule has 14 heavy (non-hydrogen) atoms. The molecule has 4 heteroatoms. The fourth-order valence-electron chi connectivity index (χ4n) is 1.52. The van der Waals surface area contributed by atoms with Crippen LogP contribution in [0.15, 0.2) is 12.2 Å². The Morgan fingerprint density at radius 2 is 2.36 bits per heavy atom. The zero-order valence-corrected chi connectivity index (χ0v) is 8.64. The van der Waals surface area contributed by atoms with Gasteiger partial charge in [-0.15, -0.1) is 0 Å². The first-order chi connectivity index (χ1) is 6.59. The Morgan fingerprint density at radius 1 is 1.64 bits per heavy atom. The minimum Gasteiger partial charge on any atom is -0.478 e. The summed E-state index contributed by atoms with van der Waals surface area (Å²) < 4.78 is 5.47. The normalized spacial score (nSPS) is 29.6. The molecule has 0 radical (unpaired) electrons. The summed E-state index contributed by atoms with van der Waals surface area (Å²) >= 11 is 0. The predicted molar refractivity (Wildman–Crippen MR) is 53.2 cm³/mol. The van der Waals surface area contributed by atoms with Crippen LogP contribution >= 0.6 is 0 Å². The van der Waals surface area contributed by atoms with Crippen molar-refractivity contribution >= 4 is 5.97 Å². The van der Waals surface area contributed by atoms with Crippen molar-refractivity contribution in [3.63, 3.8) is 0 Å². The number of aliphatic carboxylic acids is 1. The molecule has 0 aromatic carbocycles. The summed E-state index contributed by atoms with van der Waals surface area (Å²) in [6.07, 6.45) is 3.11. The lowest BCUT2D eigenvalue weighted by molar-refractivity contribution is -0.131. The minimum atomic E-state index is -0.890. The summed E-state index contributed by atoms with van der Waals surface area (Å²) in [5.74, 6) is -0.890. The molecule has 0 aromatic rings. The van der Waals surface area contributed by atoms with Gasteiger partial charge < -0.3 is 9.84 Å². The van der Waals surface area contributed by atoms with E-state index in [1.165, 1.54) is 6.08 Å². The zero-order valence-electron chi connectivity index (χ0n) is 8.64. The van der Waals surface area contributed by atoms with E-state index in [1.807, 2.05) is 6.92 Å². The molecule has 1 aliphatic rings. The largest absolute Gasteiger partial charge is 0.478 e. The molecule has 0 aliphatic carbocycles. The first kappa shape index (κ1) is 11.2. The maximum Gasteiger partial charge on any atom is 0.328 e. The second-order valence-electron chi connectivity index (χ2n) is 3.69. The van der Waals surface area contributed by atoms with Crippen molar-refractivity contribution < 1.29 is 14.6 Å². The molecule has 0 bridgehead atoms. The zero-order chi connectivity index (χ0) is 10.6. The van der Waals surface area contributed by atoms with Gasteiger partial charge in [-0.05, 0) is 13.8 Å². The number of carbonyl (C=O) groups is 1. The van der Waals surface area contributed by atoms with E-state index in [2.05, 4.69) is 11.8 Å². The molecule has 2 atom stereocenters. The topological polar surface area (TPSA) is 49.8 Å². The smallest absolute Gasteiger partial charge is 0.328 e.